The molecule has 1 rings (SSSR count). The lowest BCUT2D eigenvalue weighted by molar-refractivity contribution is 0.0219. The van der Waals surface area contributed by atoms with Gasteiger partial charge in [-0.15, -0.1) is 0 Å². The summed E-state index contributed by atoms with van der Waals surface area (Å²) in [4.78, 5) is 2.51. The maximum Gasteiger partial charge on any atom is 0.0692 e. The van der Waals surface area contributed by atoms with Gasteiger partial charge in [0.2, 0.25) is 0 Å². The lowest BCUT2D eigenvalue weighted by Crippen LogP contribution is -2.47. The maximum atomic E-state index is 9.98. The summed E-state index contributed by atoms with van der Waals surface area (Å²) in [6.07, 6.45) is 5.82. The molecule has 2 nitrogen and oxygen atoms in total. The van der Waals surface area contributed by atoms with Gasteiger partial charge in [0, 0.05) is 6.04 Å². The van der Waals surface area contributed by atoms with Crippen LogP contribution >= 0.6 is 0 Å². The van der Waals surface area contributed by atoms with Gasteiger partial charge in [-0.2, -0.15) is 0 Å². The Morgan fingerprint density at radius 3 is 2.67 bits per heavy atom. The minimum atomic E-state index is -0.113. The molecule has 90 valence electrons. The van der Waals surface area contributed by atoms with Gasteiger partial charge in [-0.3, -0.25) is 4.90 Å². The van der Waals surface area contributed by atoms with E-state index in [1.807, 2.05) is 0 Å². The lowest BCUT2D eigenvalue weighted by Gasteiger charge is -2.38. The highest BCUT2D eigenvalue weighted by Gasteiger charge is 2.27. The fourth-order valence-electron chi connectivity index (χ4n) is 2.43. The van der Waals surface area contributed by atoms with Gasteiger partial charge in [0.05, 0.1) is 6.10 Å². The summed E-state index contributed by atoms with van der Waals surface area (Å²) >= 11 is 0. The summed E-state index contributed by atoms with van der Waals surface area (Å²) in [6.45, 7) is 8.98. The van der Waals surface area contributed by atoms with Gasteiger partial charge in [-0.1, -0.05) is 27.2 Å². The summed E-state index contributed by atoms with van der Waals surface area (Å²) in [5.74, 6) is 0.770. The molecule has 1 fully saturated rings. The molecule has 1 aliphatic rings. The number of aliphatic hydroxyl groups is 1. The standard InChI is InChI=1S/C13H27NO/c1-4-13(15)12-7-5-6-9-14(12)10-8-11(2)3/h11-13,15H,4-10H2,1-3H3. The Kier molecular flexibility index (Phi) is 5.62. The van der Waals surface area contributed by atoms with E-state index in [0.29, 0.717) is 6.04 Å². The van der Waals surface area contributed by atoms with E-state index in [9.17, 15) is 5.11 Å². The van der Waals surface area contributed by atoms with E-state index < -0.39 is 0 Å². The Hall–Kier alpha value is -0.0800. The first-order valence-corrected chi connectivity index (χ1v) is 6.57. The van der Waals surface area contributed by atoms with Crippen LogP contribution < -0.4 is 0 Å². The summed E-state index contributed by atoms with van der Waals surface area (Å²) in [5, 5.41) is 9.98. The third-order valence-corrected chi connectivity index (χ3v) is 3.52. The number of hydrogen-bond acceptors (Lipinski definition) is 2. The minimum absolute atomic E-state index is 0.113. The Bertz CT molecular complexity index is 170. The fourth-order valence-corrected chi connectivity index (χ4v) is 2.43. The molecule has 0 aromatic heterocycles. The molecule has 0 amide bonds. The smallest absolute Gasteiger partial charge is 0.0692 e. The van der Waals surface area contributed by atoms with Gasteiger partial charge in [-0.25, -0.2) is 0 Å². The lowest BCUT2D eigenvalue weighted by atomic mass is 9.95. The zero-order valence-corrected chi connectivity index (χ0v) is 10.6. The number of hydrogen-bond donors (Lipinski definition) is 1. The number of piperidine rings is 1. The van der Waals surface area contributed by atoms with Crippen LogP contribution in [0.4, 0.5) is 0 Å². The van der Waals surface area contributed by atoms with Gasteiger partial charge in [0.25, 0.3) is 0 Å². The molecule has 0 radical (unpaired) electrons. The maximum absolute atomic E-state index is 9.98. The van der Waals surface area contributed by atoms with Gasteiger partial charge < -0.3 is 5.11 Å². The molecule has 0 aromatic carbocycles. The molecule has 1 aliphatic heterocycles. The first-order chi connectivity index (χ1) is 7.15. The number of rotatable bonds is 5. The summed E-state index contributed by atoms with van der Waals surface area (Å²) < 4.78 is 0. The molecule has 0 aromatic rings. The van der Waals surface area contributed by atoms with Crippen LogP contribution in [0.1, 0.15) is 52.9 Å². The molecule has 2 atom stereocenters. The zero-order valence-electron chi connectivity index (χ0n) is 10.6. The third kappa shape index (κ3) is 4.12. The van der Waals surface area contributed by atoms with Crippen LogP contribution in [0.15, 0.2) is 0 Å². The van der Waals surface area contributed by atoms with Crippen molar-refractivity contribution in [1.29, 1.82) is 0 Å². The minimum Gasteiger partial charge on any atom is -0.392 e. The first kappa shape index (κ1) is 13.0. The van der Waals surface area contributed by atoms with Crippen LogP contribution in [0.25, 0.3) is 0 Å². The van der Waals surface area contributed by atoms with E-state index in [4.69, 9.17) is 0 Å². The molecule has 0 saturated carbocycles. The monoisotopic (exact) mass is 213 g/mol. The largest absolute Gasteiger partial charge is 0.392 e. The zero-order chi connectivity index (χ0) is 11.3. The van der Waals surface area contributed by atoms with Crippen molar-refractivity contribution in [2.24, 2.45) is 5.92 Å². The van der Waals surface area contributed by atoms with E-state index in [2.05, 4.69) is 25.7 Å². The van der Waals surface area contributed by atoms with Crippen molar-refractivity contribution in [3.05, 3.63) is 0 Å². The topological polar surface area (TPSA) is 23.5 Å². The van der Waals surface area contributed by atoms with E-state index in [0.717, 1.165) is 12.3 Å². The Morgan fingerprint density at radius 1 is 1.33 bits per heavy atom. The van der Waals surface area contributed by atoms with Crippen molar-refractivity contribution in [2.75, 3.05) is 13.1 Å². The molecule has 1 N–H and O–H groups in total. The van der Waals surface area contributed by atoms with Crippen molar-refractivity contribution < 1.29 is 5.11 Å². The van der Waals surface area contributed by atoms with E-state index in [-0.39, 0.29) is 6.10 Å². The molecule has 15 heavy (non-hydrogen) atoms. The van der Waals surface area contributed by atoms with Crippen molar-refractivity contribution in [2.45, 2.75) is 65.0 Å². The Balaban J connectivity index is 2.42. The third-order valence-electron chi connectivity index (χ3n) is 3.52. The average Bonchev–Trinajstić information content (AvgIpc) is 2.25. The first-order valence-electron chi connectivity index (χ1n) is 6.57. The average molecular weight is 213 g/mol. The second kappa shape index (κ2) is 6.49. The van der Waals surface area contributed by atoms with Crippen molar-refractivity contribution in [3.8, 4) is 0 Å². The van der Waals surface area contributed by atoms with Gasteiger partial charge in [-0.05, 0) is 44.7 Å². The van der Waals surface area contributed by atoms with Gasteiger partial charge >= 0.3 is 0 Å². The number of likely N-dealkylation sites (tertiary alicyclic amines) is 1. The second-order valence-electron chi connectivity index (χ2n) is 5.26. The van der Waals surface area contributed by atoms with Crippen molar-refractivity contribution in [3.63, 3.8) is 0 Å². The molecular formula is C13H27NO. The van der Waals surface area contributed by atoms with Crippen molar-refractivity contribution in [1.82, 2.24) is 4.90 Å². The van der Waals surface area contributed by atoms with Gasteiger partial charge in [0.15, 0.2) is 0 Å². The molecule has 0 spiro atoms. The van der Waals surface area contributed by atoms with Crippen LogP contribution in [-0.2, 0) is 0 Å². The van der Waals surface area contributed by atoms with Crippen LogP contribution in [0.2, 0.25) is 0 Å². The van der Waals surface area contributed by atoms with Crippen LogP contribution in [0.3, 0.4) is 0 Å². The highest BCUT2D eigenvalue weighted by Crippen LogP contribution is 2.22. The van der Waals surface area contributed by atoms with Crippen LogP contribution in [0, 0.1) is 5.92 Å². The molecular weight excluding hydrogens is 186 g/mol. The van der Waals surface area contributed by atoms with E-state index >= 15 is 0 Å². The quantitative estimate of drug-likeness (QED) is 0.759. The van der Waals surface area contributed by atoms with E-state index in [1.54, 1.807) is 0 Å². The predicted octanol–water partition coefficient (Wildman–Crippen LogP) is 2.66. The van der Waals surface area contributed by atoms with Crippen LogP contribution in [-0.4, -0.2) is 35.2 Å². The molecule has 2 unspecified atom stereocenters. The molecule has 1 heterocycles. The highest BCUT2D eigenvalue weighted by atomic mass is 16.3. The predicted molar refractivity (Wildman–Crippen MR) is 65.0 cm³/mol. The Morgan fingerprint density at radius 2 is 2.07 bits per heavy atom. The second-order valence-corrected chi connectivity index (χ2v) is 5.26. The van der Waals surface area contributed by atoms with Crippen LogP contribution in [0.5, 0.6) is 0 Å². The normalized spacial score (nSPS) is 25.8. The Labute approximate surface area is 94.7 Å². The van der Waals surface area contributed by atoms with Crippen molar-refractivity contribution >= 4 is 0 Å². The summed E-state index contributed by atoms with van der Waals surface area (Å²) in [7, 11) is 0. The molecule has 2 heteroatoms. The molecule has 0 bridgehead atoms. The SMILES string of the molecule is CCC(O)C1CCCCN1CCC(C)C. The molecule has 0 aliphatic carbocycles. The highest BCUT2D eigenvalue weighted by molar-refractivity contribution is 4.82. The number of aliphatic hydroxyl groups excluding tert-OH is 1. The summed E-state index contributed by atoms with van der Waals surface area (Å²) in [5.41, 5.74) is 0. The number of nitrogens with zero attached hydrogens (tertiary/aromatic N) is 1. The van der Waals surface area contributed by atoms with E-state index in [1.165, 1.54) is 38.8 Å². The van der Waals surface area contributed by atoms with Gasteiger partial charge in [0.1, 0.15) is 0 Å². The fraction of sp³-hybridized carbons (Fsp3) is 1.00. The summed E-state index contributed by atoms with van der Waals surface area (Å²) in [6, 6.07) is 0.433. The molecule has 1 saturated heterocycles.